The van der Waals surface area contributed by atoms with Crippen molar-refractivity contribution in [1.82, 2.24) is 15.1 Å². The van der Waals surface area contributed by atoms with Gasteiger partial charge in [-0.2, -0.15) is 5.10 Å². The number of benzene rings is 1. The Bertz CT molecular complexity index is 623. The standard InChI is InChI=1S/C18H25N3/c1-4-17-16(12-19-14-9-10-14)18(5-2)21(20-17)15-8-6-7-13(3)11-15/h6-8,11,14,19H,4-5,9-10,12H2,1-3H3. The van der Waals surface area contributed by atoms with Crippen LogP contribution in [0.5, 0.6) is 0 Å². The first-order valence-corrected chi connectivity index (χ1v) is 8.13. The molecule has 2 aromatic rings. The molecule has 1 aromatic carbocycles. The Labute approximate surface area is 127 Å². The summed E-state index contributed by atoms with van der Waals surface area (Å²) in [7, 11) is 0. The summed E-state index contributed by atoms with van der Waals surface area (Å²) in [5.74, 6) is 0. The molecule has 1 fully saturated rings. The molecule has 0 unspecified atom stereocenters. The average Bonchev–Trinajstić information content (AvgIpc) is 3.24. The van der Waals surface area contributed by atoms with Crippen LogP contribution in [0.2, 0.25) is 0 Å². The predicted octanol–water partition coefficient (Wildman–Crippen LogP) is 3.56. The Hall–Kier alpha value is -1.61. The zero-order valence-electron chi connectivity index (χ0n) is 13.3. The molecule has 21 heavy (non-hydrogen) atoms. The summed E-state index contributed by atoms with van der Waals surface area (Å²) >= 11 is 0. The van der Waals surface area contributed by atoms with E-state index >= 15 is 0 Å². The summed E-state index contributed by atoms with van der Waals surface area (Å²) < 4.78 is 2.15. The van der Waals surface area contributed by atoms with Gasteiger partial charge in [0.2, 0.25) is 0 Å². The molecule has 0 bridgehead atoms. The molecule has 0 atom stereocenters. The smallest absolute Gasteiger partial charge is 0.0674 e. The van der Waals surface area contributed by atoms with Crippen LogP contribution in [0.25, 0.3) is 5.69 Å². The highest BCUT2D eigenvalue weighted by Crippen LogP contribution is 2.24. The van der Waals surface area contributed by atoms with Crippen molar-refractivity contribution in [3.8, 4) is 5.69 Å². The lowest BCUT2D eigenvalue weighted by atomic mass is 10.1. The summed E-state index contributed by atoms with van der Waals surface area (Å²) in [6.07, 6.45) is 4.67. The monoisotopic (exact) mass is 283 g/mol. The molecule has 3 nitrogen and oxygen atoms in total. The average molecular weight is 283 g/mol. The molecule has 1 aliphatic rings. The van der Waals surface area contributed by atoms with Gasteiger partial charge in [0.25, 0.3) is 0 Å². The largest absolute Gasteiger partial charge is 0.310 e. The minimum Gasteiger partial charge on any atom is -0.310 e. The van der Waals surface area contributed by atoms with Crippen molar-refractivity contribution < 1.29 is 0 Å². The van der Waals surface area contributed by atoms with Gasteiger partial charge in [-0.1, -0.05) is 26.0 Å². The van der Waals surface area contributed by atoms with Gasteiger partial charge in [0.1, 0.15) is 0 Å². The van der Waals surface area contributed by atoms with Crippen molar-refractivity contribution in [2.24, 2.45) is 0 Å². The van der Waals surface area contributed by atoms with Crippen LogP contribution < -0.4 is 5.32 Å². The number of nitrogens with zero attached hydrogens (tertiary/aromatic N) is 2. The van der Waals surface area contributed by atoms with E-state index in [4.69, 9.17) is 5.10 Å². The quantitative estimate of drug-likeness (QED) is 0.878. The second-order valence-electron chi connectivity index (χ2n) is 5.99. The van der Waals surface area contributed by atoms with Gasteiger partial charge in [0.05, 0.1) is 11.4 Å². The Balaban J connectivity index is 1.99. The predicted molar refractivity (Wildman–Crippen MR) is 86.9 cm³/mol. The highest BCUT2D eigenvalue weighted by Gasteiger charge is 2.23. The Morgan fingerprint density at radius 3 is 2.67 bits per heavy atom. The minimum atomic E-state index is 0.738. The van der Waals surface area contributed by atoms with Crippen LogP contribution in [0.15, 0.2) is 24.3 Å². The molecular formula is C18H25N3. The number of hydrogen-bond acceptors (Lipinski definition) is 2. The van der Waals surface area contributed by atoms with Crippen LogP contribution in [0.1, 0.15) is 49.2 Å². The van der Waals surface area contributed by atoms with E-state index in [2.05, 4.69) is 55.0 Å². The molecule has 0 saturated heterocycles. The van der Waals surface area contributed by atoms with E-state index in [-0.39, 0.29) is 0 Å². The van der Waals surface area contributed by atoms with E-state index in [1.165, 1.54) is 41.0 Å². The van der Waals surface area contributed by atoms with Gasteiger partial charge in [-0.05, 0) is 50.3 Å². The molecule has 1 heterocycles. The topological polar surface area (TPSA) is 29.9 Å². The van der Waals surface area contributed by atoms with Crippen LogP contribution in [0, 0.1) is 6.92 Å². The van der Waals surface area contributed by atoms with Gasteiger partial charge >= 0.3 is 0 Å². The maximum Gasteiger partial charge on any atom is 0.0674 e. The van der Waals surface area contributed by atoms with Crippen LogP contribution in [0.4, 0.5) is 0 Å². The third kappa shape index (κ3) is 3.03. The summed E-state index contributed by atoms with van der Waals surface area (Å²) in [5, 5.41) is 8.53. The molecule has 0 radical (unpaired) electrons. The fraction of sp³-hybridized carbons (Fsp3) is 0.500. The third-order valence-electron chi connectivity index (χ3n) is 4.23. The zero-order valence-corrected chi connectivity index (χ0v) is 13.3. The number of aryl methyl sites for hydroxylation is 2. The van der Waals surface area contributed by atoms with Crippen molar-refractivity contribution in [2.75, 3.05) is 0 Å². The molecule has 1 N–H and O–H groups in total. The van der Waals surface area contributed by atoms with Crippen LogP contribution in [-0.4, -0.2) is 15.8 Å². The lowest BCUT2D eigenvalue weighted by molar-refractivity contribution is 0.677. The molecule has 3 rings (SSSR count). The Morgan fingerprint density at radius 1 is 1.24 bits per heavy atom. The van der Waals surface area contributed by atoms with E-state index in [1.807, 2.05) is 0 Å². The molecular weight excluding hydrogens is 258 g/mol. The van der Waals surface area contributed by atoms with Gasteiger partial charge < -0.3 is 5.32 Å². The van der Waals surface area contributed by atoms with E-state index in [9.17, 15) is 0 Å². The number of rotatable bonds is 6. The Morgan fingerprint density at radius 2 is 2.05 bits per heavy atom. The first-order chi connectivity index (χ1) is 10.2. The maximum atomic E-state index is 4.89. The molecule has 1 saturated carbocycles. The number of aromatic nitrogens is 2. The van der Waals surface area contributed by atoms with E-state index in [0.29, 0.717) is 0 Å². The normalized spacial score (nSPS) is 14.6. The zero-order chi connectivity index (χ0) is 14.8. The van der Waals surface area contributed by atoms with Gasteiger partial charge in [-0.25, -0.2) is 4.68 Å². The van der Waals surface area contributed by atoms with Crippen molar-refractivity contribution in [2.45, 2.75) is 59.0 Å². The van der Waals surface area contributed by atoms with Crippen LogP contribution >= 0.6 is 0 Å². The van der Waals surface area contributed by atoms with E-state index < -0.39 is 0 Å². The summed E-state index contributed by atoms with van der Waals surface area (Å²) in [6, 6.07) is 9.34. The summed E-state index contributed by atoms with van der Waals surface area (Å²) in [5.41, 5.74) is 6.46. The Kier molecular flexibility index (Phi) is 4.11. The summed E-state index contributed by atoms with van der Waals surface area (Å²) in [4.78, 5) is 0. The van der Waals surface area contributed by atoms with Gasteiger partial charge in [0.15, 0.2) is 0 Å². The maximum absolute atomic E-state index is 4.89. The van der Waals surface area contributed by atoms with E-state index in [1.54, 1.807) is 0 Å². The molecule has 0 aliphatic heterocycles. The second-order valence-corrected chi connectivity index (χ2v) is 5.99. The number of nitrogens with one attached hydrogen (secondary N) is 1. The van der Waals surface area contributed by atoms with Crippen molar-refractivity contribution in [1.29, 1.82) is 0 Å². The first-order valence-electron chi connectivity index (χ1n) is 8.13. The van der Waals surface area contributed by atoms with Gasteiger partial charge in [0, 0.05) is 23.8 Å². The second kappa shape index (κ2) is 6.02. The lowest BCUT2D eigenvalue weighted by Crippen LogP contribution is -2.17. The minimum absolute atomic E-state index is 0.738. The van der Waals surface area contributed by atoms with Crippen molar-refractivity contribution in [3.63, 3.8) is 0 Å². The van der Waals surface area contributed by atoms with Crippen LogP contribution in [0.3, 0.4) is 0 Å². The van der Waals surface area contributed by atoms with Crippen molar-refractivity contribution >= 4 is 0 Å². The van der Waals surface area contributed by atoms with E-state index in [0.717, 1.165) is 25.4 Å². The number of hydrogen-bond donors (Lipinski definition) is 1. The SMILES string of the molecule is CCc1nn(-c2cccc(C)c2)c(CC)c1CNC1CC1. The molecule has 0 spiro atoms. The van der Waals surface area contributed by atoms with Crippen molar-refractivity contribution in [3.05, 3.63) is 46.8 Å². The summed E-state index contributed by atoms with van der Waals surface area (Å²) in [6.45, 7) is 7.52. The molecule has 1 aromatic heterocycles. The molecule has 1 aliphatic carbocycles. The highest BCUT2D eigenvalue weighted by molar-refractivity contribution is 5.40. The third-order valence-corrected chi connectivity index (χ3v) is 4.23. The highest BCUT2D eigenvalue weighted by atomic mass is 15.3. The van der Waals surface area contributed by atoms with Crippen LogP contribution in [-0.2, 0) is 19.4 Å². The fourth-order valence-electron chi connectivity index (χ4n) is 2.89. The molecule has 0 amide bonds. The van der Waals surface area contributed by atoms with Gasteiger partial charge in [-0.15, -0.1) is 0 Å². The molecule has 3 heteroatoms. The first kappa shape index (κ1) is 14.3. The fourth-order valence-corrected chi connectivity index (χ4v) is 2.89. The van der Waals surface area contributed by atoms with Gasteiger partial charge in [-0.3, -0.25) is 0 Å². The lowest BCUT2D eigenvalue weighted by Gasteiger charge is -2.09. The molecule has 112 valence electrons.